The lowest BCUT2D eigenvalue weighted by Crippen LogP contribution is -2.39. The summed E-state index contributed by atoms with van der Waals surface area (Å²) in [5.41, 5.74) is 0. The molecule has 0 bridgehead atoms. The van der Waals surface area contributed by atoms with Crippen molar-refractivity contribution in [2.45, 2.75) is 25.4 Å². The van der Waals surface area contributed by atoms with Gasteiger partial charge in [-0.2, -0.15) is 0 Å². The summed E-state index contributed by atoms with van der Waals surface area (Å²) >= 11 is 8.55. The predicted molar refractivity (Wildman–Crippen MR) is 78.2 cm³/mol. The van der Waals surface area contributed by atoms with E-state index in [-0.39, 0.29) is 11.8 Å². The molecule has 1 saturated heterocycles. The minimum Gasteiger partial charge on any atom is -0.308 e. The highest BCUT2D eigenvalue weighted by molar-refractivity contribution is 9.13. The van der Waals surface area contributed by atoms with E-state index in [1.165, 1.54) is 4.88 Å². The summed E-state index contributed by atoms with van der Waals surface area (Å²) in [7, 11) is -2.82. The maximum absolute atomic E-state index is 11.5. The summed E-state index contributed by atoms with van der Waals surface area (Å²) in [5.74, 6) is 0.627. The predicted octanol–water partition coefficient (Wildman–Crippen LogP) is 2.94. The largest absolute Gasteiger partial charge is 0.308 e. The summed E-state index contributed by atoms with van der Waals surface area (Å²) < 4.78 is 25.1. The highest BCUT2D eigenvalue weighted by Gasteiger charge is 2.24. The number of sulfone groups is 1. The zero-order chi connectivity index (χ0) is 12.5. The van der Waals surface area contributed by atoms with Gasteiger partial charge in [0, 0.05) is 21.9 Å². The molecule has 0 aromatic carbocycles. The molecule has 1 aromatic heterocycles. The average Bonchev–Trinajstić information content (AvgIpc) is 2.54. The van der Waals surface area contributed by atoms with Crippen molar-refractivity contribution >= 4 is 53.0 Å². The second-order valence-corrected chi connectivity index (χ2v) is 9.71. The molecule has 1 atom stereocenters. The maximum Gasteiger partial charge on any atom is 0.151 e. The lowest BCUT2D eigenvalue weighted by Gasteiger charge is -2.22. The van der Waals surface area contributed by atoms with Crippen LogP contribution in [0.3, 0.4) is 0 Å². The first-order chi connectivity index (χ1) is 7.96. The van der Waals surface area contributed by atoms with Crippen LogP contribution >= 0.6 is 43.2 Å². The van der Waals surface area contributed by atoms with Gasteiger partial charge >= 0.3 is 0 Å². The molecule has 2 rings (SSSR count). The van der Waals surface area contributed by atoms with Crippen molar-refractivity contribution in [1.29, 1.82) is 0 Å². The van der Waals surface area contributed by atoms with Crippen LogP contribution in [0.2, 0.25) is 0 Å². The van der Waals surface area contributed by atoms with Gasteiger partial charge in [0.2, 0.25) is 0 Å². The first kappa shape index (κ1) is 14.0. The molecule has 1 aromatic rings. The van der Waals surface area contributed by atoms with Gasteiger partial charge in [0.15, 0.2) is 9.84 Å². The zero-order valence-corrected chi connectivity index (χ0v) is 13.9. The minimum absolute atomic E-state index is 0.105. The van der Waals surface area contributed by atoms with Gasteiger partial charge in [0.25, 0.3) is 0 Å². The summed E-state index contributed by atoms with van der Waals surface area (Å²) in [6, 6.07) is 2.16. The molecule has 1 aliphatic heterocycles. The second-order valence-electron chi connectivity index (χ2n) is 4.17. The number of hydrogen-bond donors (Lipinski definition) is 1. The van der Waals surface area contributed by atoms with Crippen molar-refractivity contribution in [1.82, 2.24) is 5.32 Å². The summed E-state index contributed by atoms with van der Waals surface area (Å²) in [6.07, 6.45) is 1.73. The molecule has 0 spiro atoms. The van der Waals surface area contributed by atoms with Crippen LogP contribution in [-0.2, 0) is 16.4 Å². The van der Waals surface area contributed by atoms with E-state index in [9.17, 15) is 8.42 Å². The topological polar surface area (TPSA) is 46.2 Å². The van der Waals surface area contributed by atoms with Crippen molar-refractivity contribution in [3.05, 3.63) is 19.2 Å². The molecule has 1 unspecified atom stereocenters. The summed E-state index contributed by atoms with van der Waals surface area (Å²) in [6.45, 7) is 0.731. The Hall–Kier alpha value is 0.570. The smallest absolute Gasteiger partial charge is 0.151 e. The Labute approximate surface area is 122 Å². The number of halogens is 2. The highest BCUT2D eigenvalue weighted by atomic mass is 79.9. The molecule has 7 heteroatoms. The SMILES string of the molecule is O=S1(=O)CCCC(NCc2cc(Br)c(Br)s2)C1. The van der Waals surface area contributed by atoms with Crippen molar-refractivity contribution < 1.29 is 8.42 Å². The summed E-state index contributed by atoms with van der Waals surface area (Å²) in [4.78, 5) is 1.20. The quantitative estimate of drug-likeness (QED) is 0.845. The van der Waals surface area contributed by atoms with Crippen LogP contribution in [-0.4, -0.2) is 26.0 Å². The number of rotatable bonds is 3. The number of thiophene rings is 1. The lowest BCUT2D eigenvalue weighted by molar-refractivity contribution is 0.482. The molecular formula is C10H13Br2NO2S2. The minimum atomic E-state index is -2.82. The van der Waals surface area contributed by atoms with Crippen LogP contribution in [0, 0.1) is 0 Å². The first-order valence-corrected chi connectivity index (χ1v) is 9.56. The molecule has 0 saturated carbocycles. The Balaban J connectivity index is 1.90. The van der Waals surface area contributed by atoms with Gasteiger partial charge in [-0.1, -0.05) is 0 Å². The van der Waals surface area contributed by atoms with E-state index in [2.05, 4.69) is 43.2 Å². The Kier molecular flexibility index (Phi) is 4.68. The third-order valence-electron chi connectivity index (χ3n) is 2.72. The molecule has 2 heterocycles. The molecule has 17 heavy (non-hydrogen) atoms. The number of nitrogens with one attached hydrogen (secondary N) is 1. The van der Waals surface area contributed by atoms with Crippen LogP contribution < -0.4 is 5.32 Å². The average molecular weight is 403 g/mol. The third kappa shape index (κ3) is 4.02. The third-order valence-corrected chi connectivity index (χ3v) is 7.80. The lowest BCUT2D eigenvalue weighted by atomic mass is 10.2. The van der Waals surface area contributed by atoms with Gasteiger partial charge in [-0.15, -0.1) is 11.3 Å². The zero-order valence-electron chi connectivity index (χ0n) is 9.08. The van der Waals surface area contributed by atoms with E-state index in [4.69, 9.17) is 0 Å². The van der Waals surface area contributed by atoms with Crippen LogP contribution in [0.15, 0.2) is 14.3 Å². The molecule has 3 nitrogen and oxygen atoms in total. The maximum atomic E-state index is 11.5. The van der Waals surface area contributed by atoms with E-state index in [0.717, 1.165) is 27.6 Å². The van der Waals surface area contributed by atoms with Gasteiger partial charge in [-0.05, 0) is 50.8 Å². The van der Waals surface area contributed by atoms with Gasteiger partial charge in [0.1, 0.15) is 0 Å². The molecule has 1 aliphatic rings. The normalized spacial score (nSPS) is 23.8. The molecule has 0 amide bonds. The van der Waals surface area contributed by atoms with E-state index in [1.54, 1.807) is 11.3 Å². The Morgan fingerprint density at radius 1 is 1.47 bits per heavy atom. The highest BCUT2D eigenvalue weighted by Crippen LogP contribution is 2.32. The van der Waals surface area contributed by atoms with E-state index >= 15 is 0 Å². The fraction of sp³-hybridized carbons (Fsp3) is 0.600. The Bertz CT molecular complexity index is 479. The molecule has 1 N–H and O–H groups in total. The van der Waals surface area contributed by atoms with E-state index in [0.29, 0.717) is 5.75 Å². The van der Waals surface area contributed by atoms with Crippen molar-refractivity contribution in [3.8, 4) is 0 Å². The molecular weight excluding hydrogens is 390 g/mol. The standard InChI is InChI=1S/C10H13Br2NO2S2/c11-9-4-8(16-10(9)12)5-13-7-2-1-3-17(14,15)6-7/h4,7,13H,1-3,5-6H2. The van der Waals surface area contributed by atoms with Gasteiger partial charge in [-0.3, -0.25) is 0 Å². The van der Waals surface area contributed by atoms with Crippen LogP contribution in [0.25, 0.3) is 0 Å². The molecule has 1 fully saturated rings. The summed E-state index contributed by atoms with van der Waals surface area (Å²) in [5, 5.41) is 3.32. The van der Waals surface area contributed by atoms with Gasteiger partial charge < -0.3 is 5.32 Å². The fourth-order valence-corrected chi connectivity index (χ4v) is 5.71. The van der Waals surface area contributed by atoms with Gasteiger partial charge in [-0.25, -0.2) is 8.42 Å². The Morgan fingerprint density at radius 2 is 2.24 bits per heavy atom. The second kappa shape index (κ2) is 5.69. The first-order valence-electron chi connectivity index (χ1n) is 5.34. The van der Waals surface area contributed by atoms with Crippen LogP contribution in [0.5, 0.6) is 0 Å². The van der Waals surface area contributed by atoms with Gasteiger partial charge in [0.05, 0.1) is 15.3 Å². The fourth-order valence-electron chi connectivity index (χ4n) is 1.91. The molecule has 0 radical (unpaired) electrons. The van der Waals surface area contributed by atoms with E-state index < -0.39 is 9.84 Å². The van der Waals surface area contributed by atoms with E-state index in [1.807, 2.05) is 0 Å². The molecule has 0 aliphatic carbocycles. The van der Waals surface area contributed by atoms with Crippen molar-refractivity contribution in [2.24, 2.45) is 0 Å². The molecule has 96 valence electrons. The van der Waals surface area contributed by atoms with Crippen LogP contribution in [0.4, 0.5) is 0 Å². The van der Waals surface area contributed by atoms with Crippen molar-refractivity contribution in [3.63, 3.8) is 0 Å². The monoisotopic (exact) mass is 401 g/mol. The van der Waals surface area contributed by atoms with Crippen LogP contribution in [0.1, 0.15) is 17.7 Å². The number of hydrogen-bond acceptors (Lipinski definition) is 4. The Morgan fingerprint density at radius 3 is 2.82 bits per heavy atom. The van der Waals surface area contributed by atoms with Crippen molar-refractivity contribution in [2.75, 3.05) is 11.5 Å².